The van der Waals surface area contributed by atoms with E-state index in [1.54, 1.807) is 26.8 Å². The van der Waals surface area contributed by atoms with Crippen molar-refractivity contribution in [1.29, 1.82) is 0 Å². The number of hydrogen-bond acceptors (Lipinski definition) is 8. The summed E-state index contributed by atoms with van der Waals surface area (Å²) in [6, 6.07) is 38.3. The largest absolute Gasteiger partial charge is 0.444 e. The van der Waals surface area contributed by atoms with Gasteiger partial charge in [-0.25, -0.2) is 9.18 Å². The maximum absolute atomic E-state index is 15.8. The van der Waals surface area contributed by atoms with E-state index in [4.69, 9.17) is 33.2 Å². The van der Waals surface area contributed by atoms with E-state index in [0.717, 1.165) is 22.3 Å². The number of alkyl halides is 1. The summed E-state index contributed by atoms with van der Waals surface area (Å²) < 4.78 is 61.0. The first-order valence-corrected chi connectivity index (χ1v) is 19.3. The molecule has 4 aromatic carbocycles. The van der Waals surface area contributed by atoms with Crippen LogP contribution < -0.4 is 5.32 Å². The number of hydrogen-bond donors (Lipinski definition) is 1. The molecule has 56 heavy (non-hydrogen) atoms. The van der Waals surface area contributed by atoms with Gasteiger partial charge in [0.05, 0.1) is 45.7 Å². The van der Waals surface area contributed by atoms with Gasteiger partial charge in [-0.05, 0) is 49.4 Å². The first-order chi connectivity index (χ1) is 27.2. The zero-order chi connectivity index (χ0) is 39.6. The van der Waals surface area contributed by atoms with Crippen LogP contribution in [0.1, 0.15) is 56.4 Å². The number of ether oxygens (including phenoxy) is 7. The molecule has 0 spiro atoms. The van der Waals surface area contributed by atoms with E-state index >= 15 is 4.39 Å². The van der Waals surface area contributed by atoms with Crippen LogP contribution in [0.4, 0.5) is 9.18 Å². The number of carbonyl (C=O) groups excluding carboxylic acids is 1. The zero-order valence-electron chi connectivity index (χ0n) is 32.8. The molecule has 300 valence electrons. The van der Waals surface area contributed by atoms with Crippen molar-refractivity contribution in [1.82, 2.24) is 5.32 Å². The van der Waals surface area contributed by atoms with Crippen LogP contribution in [0.2, 0.25) is 0 Å². The Labute approximate surface area is 331 Å². The first kappa shape index (κ1) is 42.7. The van der Waals surface area contributed by atoms with E-state index in [1.165, 1.54) is 6.08 Å². The van der Waals surface area contributed by atoms with Crippen molar-refractivity contribution in [2.24, 2.45) is 0 Å². The average Bonchev–Trinajstić information content (AvgIpc) is 3.20. The van der Waals surface area contributed by atoms with Crippen LogP contribution in [0.3, 0.4) is 0 Å². The van der Waals surface area contributed by atoms with Gasteiger partial charge in [0.2, 0.25) is 0 Å². The van der Waals surface area contributed by atoms with Crippen LogP contribution in [0.25, 0.3) is 0 Å². The number of amides is 1. The second kappa shape index (κ2) is 22.4. The van der Waals surface area contributed by atoms with Gasteiger partial charge < -0.3 is 38.5 Å². The standard InChI is InChI=1S/C46H56FNO8/c1-5-6-27-38(47)39(48-45(49)56-46(2,3)4)32-54-44-43(53-31-37-25-17-10-18-26-37)42(52-30-36-23-15-9-16-24-36)41(51-29-35-21-13-8-14-22-35)40(55-44)33-50-28-34-19-11-7-12-20-34/h6-27,38-44H,5,28-33H2,1-4H3,(H,48,49)/b27-6+/t38-,39+,40?,41+,42?,43+,44+/m1/s1. The third-order valence-electron chi connectivity index (χ3n) is 8.92. The summed E-state index contributed by atoms with van der Waals surface area (Å²) in [5.41, 5.74) is 3.09. The summed E-state index contributed by atoms with van der Waals surface area (Å²) in [5.74, 6) is 0. The number of halogens is 1. The normalized spacial score (nSPS) is 21.1. The minimum Gasteiger partial charge on any atom is -0.444 e. The molecule has 1 amide bonds. The van der Waals surface area contributed by atoms with Crippen LogP contribution in [0.5, 0.6) is 0 Å². The predicted molar refractivity (Wildman–Crippen MR) is 213 cm³/mol. The van der Waals surface area contributed by atoms with Gasteiger partial charge in [0.1, 0.15) is 36.2 Å². The fourth-order valence-corrected chi connectivity index (χ4v) is 6.15. The van der Waals surface area contributed by atoms with Gasteiger partial charge in [0.15, 0.2) is 6.29 Å². The van der Waals surface area contributed by atoms with Gasteiger partial charge in [0.25, 0.3) is 0 Å². The lowest BCUT2D eigenvalue weighted by Crippen LogP contribution is -2.62. The number of nitrogens with one attached hydrogen (secondary N) is 1. The van der Waals surface area contributed by atoms with Gasteiger partial charge in [-0.3, -0.25) is 0 Å². The molecule has 1 aliphatic rings. The molecule has 1 fully saturated rings. The lowest BCUT2D eigenvalue weighted by molar-refractivity contribution is -0.329. The highest BCUT2D eigenvalue weighted by molar-refractivity contribution is 5.68. The van der Waals surface area contributed by atoms with E-state index in [9.17, 15) is 4.79 Å². The molecule has 0 bridgehead atoms. The highest BCUT2D eigenvalue weighted by Gasteiger charge is 2.49. The fraction of sp³-hybridized carbons (Fsp3) is 0.413. The van der Waals surface area contributed by atoms with E-state index in [2.05, 4.69) is 5.32 Å². The van der Waals surface area contributed by atoms with Crippen molar-refractivity contribution in [3.05, 3.63) is 156 Å². The molecule has 1 saturated heterocycles. The molecule has 1 heterocycles. The van der Waals surface area contributed by atoms with Crippen molar-refractivity contribution < 1.29 is 42.3 Å². The van der Waals surface area contributed by atoms with Gasteiger partial charge in [0, 0.05) is 0 Å². The Bertz CT molecular complexity index is 1710. The van der Waals surface area contributed by atoms with Crippen LogP contribution in [-0.4, -0.2) is 67.8 Å². The number of alkyl carbamates (subject to hydrolysis) is 1. The van der Waals surface area contributed by atoms with Crippen molar-refractivity contribution in [2.75, 3.05) is 13.2 Å². The summed E-state index contributed by atoms with van der Waals surface area (Å²) in [4.78, 5) is 12.9. The molecule has 1 aliphatic heterocycles. The molecule has 5 rings (SSSR count). The lowest BCUT2D eigenvalue weighted by Gasteiger charge is -2.46. The monoisotopic (exact) mass is 769 g/mol. The van der Waals surface area contributed by atoms with Gasteiger partial charge in [-0.15, -0.1) is 0 Å². The Kier molecular flexibility index (Phi) is 17.1. The molecule has 9 nitrogen and oxygen atoms in total. The minimum atomic E-state index is -1.58. The smallest absolute Gasteiger partial charge is 0.408 e. The first-order valence-electron chi connectivity index (χ1n) is 19.3. The van der Waals surface area contributed by atoms with E-state index in [-0.39, 0.29) is 33.0 Å². The Hall–Kier alpha value is -4.42. The third kappa shape index (κ3) is 14.3. The quantitative estimate of drug-likeness (QED) is 0.0892. The summed E-state index contributed by atoms with van der Waals surface area (Å²) in [7, 11) is 0. The van der Waals surface area contributed by atoms with Crippen molar-refractivity contribution in [3.63, 3.8) is 0 Å². The maximum Gasteiger partial charge on any atom is 0.408 e. The Morgan fingerprint density at radius 2 is 1.16 bits per heavy atom. The van der Waals surface area contributed by atoms with Crippen molar-refractivity contribution >= 4 is 6.09 Å². The third-order valence-corrected chi connectivity index (χ3v) is 8.92. The zero-order valence-corrected chi connectivity index (χ0v) is 32.8. The SMILES string of the molecule is CC/C=C/[C@@H](F)[C@H](CO[C@H]1OC(COCc2ccccc2)[C@H](OCc2ccccc2)C(OCc2ccccc2)[C@@H]1OCc1ccccc1)NC(=O)OC(C)(C)C. The number of carbonyl (C=O) groups is 1. The van der Waals surface area contributed by atoms with Crippen molar-refractivity contribution in [3.8, 4) is 0 Å². The van der Waals surface area contributed by atoms with E-state index in [0.29, 0.717) is 13.0 Å². The van der Waals surface area contributed by atoms with E-state index < -0.39 is 54.6 Å². The summed E-state index contributed by atoms with van der Waals surface area (Å²) >= 11 is 0. The van der Waals surface area contributed by atoms with E-state index in [1.807, 2.05) is 128 Å². The summed E-state index contributed by atoms with van der Waals surface area (Å²) in [5, 5.41) is 2.67. The Balaban J connectivity index is 1.47. The van der Waals surface area contributed by atoms with Crippen LogP contribution in [0, 0.1) is 0 Å². The molecule has 0 saturated carbocycles. The summed E-state index contributed by atoms with van der Waals surface area (Å²) in [6.45, 7) is 8.12. The Morgan fingerprint density at radius 1 is 0.696 bits per heavy atom. The topological polar surface area (TPSA) is 93.7 Å². The molecular formula is C46H56FNO8. The minimum absolute atomic E-state index is 0.134. The van der Waals surface area contributed by atoms with Crippen LogP contribution in [0.15, 0.2) is 133 Å². The molecule has 0 radical (unpaired) electrons. The fourth-order valence-electron chi connectivity index (χ4n) is 6.15. The second-order valence-electron chi connectivity index (χ2n) is 14.7. The Morgan fingerprint density at radius 3 is 1.64 bits per heavy atom. The second-order valence-corrected chi connectivity index (χ2v) is 14.7. The molecule has 10 heteroatoms. The number of benzene rings is 4. The molecule has 7 atom stereocenters. The lowest BCUT2D eigenvalue weighted by atomic mass is 9.97. The molecule has 4 aromatic rings. The molecule has 2 unspecified atom stereocenters. The highest BCUT2D eigenvalue weighted by Crippen LogP contribution is 2.32. The summed E-state index contributed by atoms with van der Waals surface area (Å²) in [6.07, 6.45) is -2.62. The maximum atomic E-state index is 15.8. The molecule has 1 N–H and O–H groups in total. The molecule has 0 aliphatic carbocycles. The number of allylic oxidation sites excluding steroid dienone is 1. The van der Waals surface area contributed by atoms with Crippen LogP contribution in [-0.2, 0) is 59.6 Å². The predicted octanol–water partition coefficient (Wildman–Crippen LogP) is 8.90. The van der Waals surface area contributed by atoms with Crippen LogP contribution >= 0.6 is 0 Å². The van der Waals surface area contributed by atoms with Gasteiger partial charge in [-0.2, -0.15) is 0 Å². The van der Waals surface area contributed by atoms with Gasteiger partial charge in [-0.1, -0.05) is 140 Å². The molecular weight excluding hydrogens is 714 g/mol. The highest BCUT2D eigenvalue weighted by atomic mass is 19.1. The molecule has 0 aromatic heterocycles. The average molecular weight is 770 g/mol. The van der Waals surface area contributed by atoms with Gasteiger partial charge >= 0.3 is 6.09 Å². The number of rotatable bonds is 20. The van der Waals surface area contributed by atoms with Crippen molar-refractivity contribution in [2.45, 2.75) is 109 Å².